The molecule has 0 N–H and O–H groups in total. The second kappa shape index (κ2) is 3.90. The van der Waals surface area contributed by atoms with Gasteiger partial charge in [0, 0.05) is 11.5 Å². The molecule has 0 unspecified atom stereocenters. The zero-order valence-corrected chi connectivity index (χ0v) is 11.2. The van der Waals surface area contributed by atoms with Crippen molar-refractivity contribution in [1.29, 1.82) is 0 Å². The van der Waals surface area contributed by atoms with Crippen LogP contribution in [0.15, 0.2) is 60.2 Å². The molecule has 86 valence electrons. The molecule has 0 atom stereocenters. The Balaban J connectivity index is 2.04. The van der Waals surface area contributed by atoms with E-state index in [-0.39, 0.29) is 0 Å². The SMILES string of the molecule is c1ccc(-c2c[n+]3ccc4ccsc4c3s2)cc1. The van der Waals surface area contributed by atoms with E-state index in [0.29, 0.717) is 0 Å². The van der Waals surface area contributed by atoms with Crippen LogP contribution in [0.2, 0.25) is 0 Å². The Hall–Kier alpha value is -1.71. The first-order valence-electron chi connectivity index (χ1n) is 5.78. The van der Waals surface area contributed by atoms with Crippen LogP contribution in [0.3, 0.4) is 0 Å². The number of thiophene rings is 1. The molecular weight excluding hydrogens is 258 g/mol. The van der Waals surface area contributed by atoms with Gasteiger partial charge in [0.15, 0.2) is 12.4 Å². The van der Waals surface area contributed by atoms with Crippen LogP contribution in [0, 0.1) is 0 Å². The summed E-state index contributed by atoms with van der Waals surface area (Å²) in [6.07, 6.45) is 4.36. The van der Waals surface area contributed by atoms with E-state index in [1.807, 2.05) is 22.7 Å². The Morgan fingerprint density at radius 3 is 2.72 bits per heavy atom. The van der Waals surface area contributed by atoms with Crippen molar-refractivity contribution < 1.29 is 4.40 Å². The van der Waals surface area contributed by atoms with Gasteiger partial charge in [-0.15, -0.1) is 11.3 Å². The zero-order chi connectivity index (χ0) is 11.9. The second-order valence-corrected chi connectivity index (χ2v) is 6.14. The third-order valence-electron chi connectivity index (χ3n) is 3.06. The van der Waals surface area contributed by atoms with Crippen molar-refractivity contribution in [1.82, 2.24) is 0 Å². The lowest BCUT2D eigenvalue weighted by Crippen LogP contribution is -2.15. The molecule has 0 amide bonds. The van der Waals surface area contributed by atoms with Crippen molar-refractivity contribution in [2.24, 2.45) is 0 Å². The number of benzene rings is 1. The summed E-state index contributed by atoms with van der Waals surface area (Å²) < 4.78 is 3.61. The first-order valence-corrected chi connectivity index (χ1v) is 7.48. The molecule has 4 rings (SSSR count). The molecule has 4 aromatic rings. The Labute approximate surface area is 113 Å². The Morgan fingerprint density at radius 1 is 0.944 bits per heavy atom. The van der Waals surface area contributed by atoms with Crippen molar-refractivity contribution in [3.63, 3.8) is 0 Å². The topological polar surface area (TPSA) is 4.10 Å². The number of hydrogen-bond donors (Lipinski definition) is 0. The highest BCUT2D eigenvalue weighted by Gasteiger charge is 2.15. The van der Waals surface area contributed by atoms with Gasteiger partial charge in [0.1, 0.15) is 9.58 Å². The number of hydrogen-bond acceptors (Lipinski definition) is 2. The number of rotatable bonds is 1. The van der Waals surface area contributed by atoms with E-state index in [4.69, 9.17) is 0 Å². The maximum Gasteiger partial charge on any atom is 0.285 e. The normalized spacial score (nSPS) is 11.3. The predicted molar refractivity (Wildman–Crippen MR) is 78.3 cm³/mol. The summed E-state index contributed by atoms with van der Waals surface area (Å²) in [5, 5.41) is 3.49. The van der Waals surface area contributed by atoms with Crippen molar-refractivity contribution >= 4 is 37.6 Å². The van der Waals surface area contributed by atoms with E-state index in [1.165, 1.54) is 25.4 Å². The lowest BCUT2D eigenvalue weighted by molar-refractivity contribution is -0.505. The van der Waals surface area contributed by atoms with E-state index < -0.39 is 0 Å². The molecule has 0 bridgehead atoms. The van der Waals surface area contributed by atoms with Gasteiger partial charge in [-0.05, 0) is 17.0 Å². The van der Waals surface area contributed by atoms with Crippen molar-refractivity contribution in [2.45, 2.75) is 0 Å². The van der Waals surface area contributed by atoms with Crippen LogP contribution < -0.4 is 4.40 Å². The summed E-state index contributed by atoms with van der Waals surface area (Å²) >= 11 is 3.67. The van der Waals surface area contributed by atoms with Gasteiger partial charge in [-0.2, -0.15) is 4.40 Å². The highest BCUT2D eigenvalue weighted by atomic mass is 32.1. The van der Waals surface area contributed by atoms with Gasteiger partial charge in [0.25, 0.3) is 4.83 Å². The molecule has 0 saturated heterocycles. The molecule has 0 saturated carbocycles. The lowest BCUT2D eigenvalue weighted by Gasteiger charge is -1.90. The molecule has 0 spiro atoms. The third kappa shape index (κ3) is 1.48. The van der Waals surface area contributed by atoms with Gasteiger partial charge in [0.2, 0.25) is 0 Å². The summed E-state index contributed by atoms with van der Waals surface area (Å²) in [6, 6.07) is 14.9. The molecule has 18 heavy (non-hydrogen) atoms. The number of nitrogens with zero attached hydrogens (tertiary/aromatic N) is 1. The fourth-order valence-electron chi connectivity index (χ4n) is 2.16. The average Bonchev–Trinajstić information content (AvgIpc) is 3.05. The van der Waals surface area contributed by atoms with Crippen LogP contribution in [-0.4, -0.2) is 0 Å². The minimum absolute atomic E-state index is 1.29. The molecular formula is C15H10NS2+. The molecule has 0 radical (unpaired) electrons. The standard InChI is InChI=1S/C15H10NS2/c1-2-4-11(5-3-1)13-10-16-8-6-12-7-9-17-14(12)15(16)18-13/h1-10H/q+1. The predicted octanol–water partition coefficient (Wildman–Crippen LogP) is 4.37. The summed E-state index contributed by atoms with van der Waals surface area (Å²) in [6.45, 7) is 0. The zero-order valence-electron chi connectivity index (χ0n) is 9.54. The monoisotopic (exact) mass is 268 g/mol. The largest absolute Gasteiger partial charge is 0.285 e. The van der Waals surface area contributed by atoms with Crippen LogP contribution in [0.4, 0.5) is 0 Å². The lowest BCUT2D eigenvalue weighted by atomic mass is 10.2. The number of fused-ring (bicyclic) bond motifs is 3. The molecule has 3 aromatic heterocycles. The molecule has 3 heteroatoms. The summed E-state index contributed by atoms with van der Waals surface area (Å²) in [5.74, 6) is 0. The minimum atomic E-state index is 1.29. The highest BCUT2D eigenvalue weighted by molar-refractivity contribution is 7.26. The van der Waals surface area contributed by atoms with Crippen molar-refractivity contribution in [3.8, 4) is 10.4 Å². The van der Waals surface area contributed by atoms with Crippen LogP contribution in [-0.2, 0) is 0 Å². The fraction of sp³-hybridized carbons (Fsp3) is 0. The third-order valence-corrected chi connectivity index (χ3v) is 5.30. The van der Waals surface area contributed by atoms with Crippen LogP contribution in [0.1, 0.15) is 0 Å². The minimum Gasteiger partial charge on any atom is -0.155 e. The highest BCUT2D eigenvalue weighted by Crippen LogP contribution is 2.31. The summed E-state index contributed by atoms with van der Waals surface area (Å²) in [4.78, 5) is 2.65. The Kier molecular flexibility index (Phi) is 2.22. The molecule has 3 heterocycles. The van der Waals surface area contributed by atoms with Gasteiger partial charge in [0.05, 0.1) is 0 Å². The van der Waals surface area contributed by atoms with Crippen molar-refractivity contribution in [3.05, 3.63) is 60.2 Å². The first-order chi connectivity index (χ1) is 8.92. The van der Waals surface area contributed by atoms with Gasteiger partial charge in [-0.1, -0.05) is 41.7 Å². The van der Waals surface area contributed by atoms with Crippen LogP contribution >= 0.6 is 22.7 Å². The smallest absolute Gasteiger partial charge is 0.155 e. The van der Waals surface area contributed by atoms with E-state index in [0.717, 1.165) is 0 Å². The van der Waals surface area contributed by atoms with Gasteiger partial charge in [-0.3, -0.25) is 0 Å². The second-order valence-electron chi connectivity index (χ2n) is 4.19. The maximum atomic E-state index is 2.23. The van der Waals surface area contributed by atoms with Gasteiger partial charge in [-0.25, -0.2) is 0 Å². The first kappa shape index (κ1) is 10.2. The van der Waals surface area contributed by atoms with Crippen molar-refractivity contribution in [2.75, 3.05) is 0 Å². The maximum absolute atomic E-state index is 2.23. The van der Waals surface area contributed by atoms with Gasteiger partial charge < -0.3 is 0 Å². The number of pyridine rings is 1. The molecule has 0 aliphatic carbocycles. The van der Waals surface area contributed by atoms with E-state index in [9.17, 15) is 0 Å². The molecule has 0 aliphatic rings. The van der Waals surface area contributed by atoms with E-state index in [2.05, 4.69) is 64.6 Å². The molecule has 1 aromatic carbocycles. The molecule has 0 fully saturated rings. The fourth-order valence-corrected chi connectivity index (χ4v) is 4.32. The van der Waals surface area contributed by atoms with E-state index >= 15 is 0 Å². The molecule has 0 aliphatic heterocycles. The quantitative estimate of drug-likeness (QED) is 0.451. The number of aromatic nitrogens is 1. The van der Waals surface area contributed by atoms with Gasteiger partial charge >= 0.3 is 0 Å². The van der Waals surface area contributed by atoms with Crippen LogP contribution in [0.25, 0.3) is 25.4 Å². The Morgan fingerprint density at radius 2 is 1.83 bits per heavy atom. The number of thiazole rings is 1. The summed E-state index contributed by atoms with van der Waals surface area (Å²) in [7, 11) is 0. The van der Waals surface area contributed by atoms with E-state index in [1.54, 1.807) is 0 Å². The average molecular weight is 268 g/mol. The van der Waals surface area contributed by atoms with Crippen LogP contribution in [0.5, 0.6) is 0 Å². The Bertz CT molecular complexity index is 827. The molecule has 1 nitrogen and oxygen atoms in total. The summed E-state index contributed by atoms with van der Waals surface area (Å²) in [5.41, 5.74) is 1.29.